The third kappa shape index (κ3) is 8.68. The van der Waals surface area contributed by atoms with Gasteiger partial charge in [-0.2, -0.15) is 0 Å². The van der Waals surface area contributed by atoms with Crippen molar-refractivity contribution in [3.05, 3.63) is 65.2 Å². The molecule has 0 aromatic heterocycles. The number of rotatable bonds is 11. The Morgan fingerprint density at radius 2 is 1.81 bits per heavy atom. The van der Waals surface area contributed by atoms with Gasteiger partial charge in [0.05, 0.1) is 13.2 Å². The first-order valence-corrected chi connectivity index (χ1v) is 10.6. The molecule has 0 atom stereocenters. The summed E-state index contributed by atoms with van der Waals surface area (Å²) in [5, 5.41) is 6.63. The van der Waals surface area contributed by atoms with Gasteiger partial charge in [-0.15, -0.1) is 0 Å². The molecule has 31 heavy (non-hydrogen) atoms. The van der Waals surface area contributed by atoms with Crippen LogP contribution in [-0.2, 0) is 17.7 Å². The van der Waals surface area contributed by atoms with Crippen molar-refractivity contribution in [3.8, 4) is 5.75 Å². The fourth-order valence-corrected chi connectivity index (χ4v) is 2.93. The zero-order valence-electron chi connectivity index (χ0n) is 19.0. The van der Waals surface area contributed by atoms with Crippen LogP contribution in [0, 0.1) is 0 Å². The average molecular weight is 427 g/mol. The van der Waals surface area contributed by atoms with Gasteiger partial charge in [-0.05, 0) is 48.7 Å². The smallest absolute Gasteiger partial charge is 0.253 e. The van der Waals surface area contributed by atoms with Crippen molar-refractivity contribution < 1.29 is 14.3 Å². The minimum atomic E-state index is 0.0122. The molecule has 1 amide bonds. The van der Waals surface area contributed by atoms with Crippen LogP contribution in [0.1, 0.15) is 28.4 Å². The third-order valence-electron chi connectivity index (χ3n) is 4.50. The van der Waals surface area contributed by atoms with Crippen molar-refractivity contribution >= 4 is 11.9 Å². The number of methoxy groups -OCH3 is 1. The van der Waals surface area contributed by atoms with Gasteiger partial charge in [0.25, 0.3) is 5.91 Å². The molecule has 0 aliphatic carbocycles. The van der Waals surface area contributed by atoms with Crippen LogP contribution in [0.15, 0.2) is 53.5 Å². The quantitative estimate of drug-likeness (QED) is 0.328. The normalized spacial score (nSPS) is 11.2. The SMILES string of the molecule is CCNC(=NCc1cccc(OCCOC)c1)NCCc1cccc(C(=O)N(C)C)c1. The topological polar surface area (TPSA) is 75.2 Å². The molecule has 7 heteroatoms. The van der Waals surface area contributed by atoms with Gasteiger partial charge in [-0.1, -0.05) is 24.3 Å². The highest BCUT2D eigenvalue weighted by atomic mass is 16.5. The van der Waals surface area contributed by atoms with E-state index in [1.165, 1.54) is 0 Å². The van der Waals surface area contributed by atoms with Crippen molar-refractivity contribution in [1.82, 2.24) is 15.5 Å². The van der Waals surface area contributed by atoms with Gasteiger partial charge in [0.15, 0.2) is 5.96 Å². The summed E-state index contributed by atoms with van der Waals surface area (Å²) in [7, 11) is 5.18. The Hall–Kier alpha value is -3.06. The molecule has 0 unspecified atom stereocenters. The standard InChI is InChI=1S/C24H34N4O3/c1-5-25-24(27-18-20-9-7-11-22(17-20)31-15-14-30-4)26-13-12-19-8-6-10-21(16-19)23(29)28(2)3/h6-11,16-17H,5,12-15,18H2,1-4H3,(H2,25,26,27). The first-order valence-electron chi connectivity index (χ1n) is 10.6. The Morgan fingerprint density at radius 3 is 2.55 bits per heavy atom. The molecule has 0 saturated carbocycles. The predicted molar refractivity (Wildman–Crippen MR) is 125 cm³/mol. The van der Waals surface area contributed by atoms with E-state index < -0.39 is 0 Å². The first-order chi connectivity index (χ1) is 15.0. The number of nitrogens with one attached hydrogen (secondary N) is 2. The highest BCUT2D eigenvalue weighted by molar-refractivity contribution is 5.94. The summed E-state index contributed by atoms with van der Waals surface area (Å²) < 4.78 is 10.7. The summed E-state index contributed by atoms with van der Waals surface area (Å²) in [5.74, 6) is 1.58. The summed E-state index contributed by atoms with van der Waals surface area (Å²) >= 11 is 0. The summed E-state index contributed by atoms with van der Waals surface area (Å²) in [4.78, 5) is 18.4. The lowest BCUT2D eigenvalue weighted by Gasteiger charge is -2.13. The van der Waals surface area contributed by atoms with E-state index in [0.29, 0.717) is 31.9 Å². The number of hydrogen-bond donors (Lipinski definition) is 2. The molecule has 168 valence electrons. The van der Waals surface area contributed by atoms with Crippen LogP contribution in [0.4, 0.5) is 0 Å². The lowest BCUT2D eigenvalue weighted by molar-refractivity contribution is 0.0827. The van der Waals surface area contributed by atoms with Crippen molar-refractivity contribution in [2.75, 3.05) is 47.5 Å². The van der Waals surface area contributed by atoms with Gasteiger partial charge in [0, 0.05) is 39.9 Å². The number of aliphatic imine (C=N–C) groups is 1. The van der Waals surface area contributed by atoms with E-state index in [2.05, 4.69) is 15.6 Å². The number of carbonyl (C=O) groups excluding carboxylic acids is 1. The van der Waals surface area contributed by atoms with E-state index in [-0.39, 0.29) is 5.91 Å². The van der Waals surface area contributed by atoms with Gasteiger partial charge in [-0.25, -0.2) is 4.99 Å². The molecule has 0 heterocycles. The van der Waals surface area contributed by atoms with Crippen LogP contribution >= 0.6 is 0 Å². The highest BCUT2D eigenvalue weighted by Crippen LogP contribution is 2.14. The number of amides is 1. The summed E-state index contributed by atoms with van der Waals surface area (Å²) in [6.45, 7) is 5.16. The van der Waals surface area contributed by atoms with Crippen molar-refractivity contribution in [2.24, 2.45) is 4.99 Å². The maximum Gasteiger partial charge on any atom is 0.253 e. The molecule has 0 radical (unpaired) electrons. The van der Waals surface area contributed by atoms with Gasteiger partial charge < -0.3 is 25.0 Å². The zero-order chi connectivity index (χ0) is 22.5. The van der Waals surface area contributed by atoms with E-state index in [0.717, 1.165) is 35.8 Å². The molecule has 2 aromatic carbocycles. The van der Waals surface area contributed by atoms with Crippen LogP contribution < -0.4 is 15.4 Å². The van der Waals surface area contributed by atoms with Crippen LogP contribution in [0.2, 0.25) is 0 Å². The molecule has 2 N–H and O–H groups in total. The maximum absolute atomic E-state index is 12.1. The average Bonchev–Trinajstić information content (AvgIpc) is 2.77. The molecule has 2 rings (SSSR count). The maximum atomic E-state index is 12.1. The van der Waals surface area contributed by atoms with E-state index in [4.69, 9.17) is 9.47 Å². The summed E-state index contributed by atoms with van der Waals surface area (Å²) in [6.07, 6.45) is 0.793. The Kier molecular flexibility index (Phi) is 10.4. The first kappa shape index (κ1) is 24.2. The molecular formula is C24H34N4O3. The lowest BCUT2D eigenvalue weighted by Crippen LogP contribution is -2.38. The van der Waals surface area contributed by atoms with Crippen LogP contribution in [0.3, 0.4) is 0 Å². The Morgan fingerprint density at radius 1 is 1.03 bits per heavy atom. The van der Waals surface area contributed by atoms with E-state index >= 15 is 0 Å². The van der Waals surface area contributed by atoms with E-state index in [1.54, 1.807) is 26.1 Å². The Bertz CT molecular complexity index is 852. The van der Waals surface area contributed by atoms with Crippen molar-refractivity contribution in [2.45, 2.75) is 19.9 Å². The molecule has 0 saturated heterocycles. The molecular weight excluding hydrogens is 392 g/mol. The van der Waals surface area contributed by atoms with E-state index in [1.807, 2.05) is 55.5 Å². The summed E-state index contributed by atoms with van der Waals surface area (Å²) in [6, 6.07) is 15.7. The van der Waals surface area contributed by atoms with Gasteiger partial charge in [0.2, 0.25) is 0 Å². The van der Waals surface area contributed by atoms with Gasteiger partial charge in [0.1, 0.15) is 12.4 Å². The monoisotopic (exact) mass is 426 g/mol. The molecule has 2 aromatic rings. The minimum Gasteiger partial charge on any atom is -0.491 e. The largest absolute Gasteiger partial charge is 0.491 e. The van der Waals surface area contributed by atoms with Crippen LogP contribution in [-0.4, -0.2) is 64.3 Å². The Labute approximate surface area is 185 Å². The second-order valence-electron chi connectivity index (χ2n) is 7.26. The van der Waals surface area contributed by atoms with Crippen LogP contribution in [0.5, 0.6) is 5.75 Å². The molecule has 0 bridgehead atoms. The molecule has 7 nitrogen and oxygen atoms in total. The number of nitrogens with zero attached hydrogens (tertiary/aromatic N) is 2. The number of guanidine groups is 1. The predicted octanol–water partition coefficient (Wildman–Crippen LogP) is 2.71. The summed E-state index contributed by atoms with van der Waals surface area (Å²) in [5.41, 5.74) is 2.88. The number of benzene rings is 2. The fraction of sp³-hybridized carbons (Fsp3) is 0.417. The highest BCUT2D eigenvalue weighted by Gasteiger charge is 2.08. The minimum absolute atomic E-state index is 0.0122. The second-order valence-corrected chi connectivity index (χ2v) is 7.26. The van der Waals surface area contributed by atoms with Crippen LogP contribution in [0.25, 0.3) is 0 Å². The van der Waals surface area contributed by atoms with Crippen molar-refractivity contribution in [3.63, 3.8) is 0 Å². The second kappa shape index (κ2) is 13.3. The number of ether oxygens (including phenoxy) is 2. The zero-order valence-corrected chi connectivity index (χ0v) is 19.0. The molecule has 0 aliphatic heterocycles. The lowest BCUT2D eigenvalue weighted by atomic mass is 10.1. The third-order valence-corrected chi connectivity index (χ3v) is 4.50. The molecule has 0 fully saturated rings. The van der Waals surface area contributed by atoms with Crippen molar-refractivity contribution in [1.29, 1.82) is 0 Å². The molecule has 0 spiro atoms. The van der Waals surface area contributed by atoms with Gasteiger partial charge >= 0.3 is 0 Å². The Balaban J connectivity index is 1.91. The van der Waals surface area contributed by atoms with Gasteiger partial charge in [-0.3, -0.25) is 4.79 Å². The fourth-order valence-electron chi connectivity index (χ4n) is 2.93. The molecule has 0 aliphatic rings. The van der Waals surface area contributed by atoms with E-state index in [9.17, 15) is 4.79 Å². The number of hydrogen-bond acceptors (Lipinski definition) is 4. The number of carbonyl (C=O) groups is 1.